The number of hydrogen-bond acceptors (Lipinski definition) is 4. The highest BCUT2D eigenvalue weighted by Gasteiger charge is 2.65. The minimum absolute atomic E-state index is 0.0254. The molecule has 0 aliphatic heterocycles. The molecule has 0 bridgehead atoms. The van der Waals surface area contributed by atoms with E-state index in [2.05, 4.69) is 38.0 Å². The highest BCUT2D eigenvalue weighted by molar-refractivity contribution is 7.22. The van der Waals surface area contributed by atoms with E-state index in [1.54, 1.807) is 6.07 Å². The van der Waals surface area contributed by atoms with E-state index in [1.807, 2.05) is 12.1 Å². The van der Waals surface area contributed by atoms with Crippen molar-refractivity contribution in [3.8, 4) is 0 Å². The van der Waals surface area contributed by atoms with Crippen LogP contribution in [0.25, 0.3) is 10.2 Å². The van der Waals surface area contributed by atoms with E-state index in [0.29, 0.717) is 10.7 Å². The normalized spacial score (nSPS) is 20.0. The molecule has 1 aromatic heterocycles. The van der Waals surface area contributed by atoms with Gasteiger partial charge in [0, 0.05) is 11.6 Å². The number of benzene rings is 1. The maximum absolute atomic E-state index is 12.4. The molecule has 20 heavy (non-hydrogen) atoms. The average molecular weight is 289 g/mol. The number of thiazole rings is 1. The third-order valence-electron chi connectivity index (χ3n) is 4.96. The molecule has 1 saturated carbocycles. The summed E-state index contributed by atoms with van der Waals surface area (Å²) < 4.78 is 0.949. The predicted octanol–water partition coefficient (Wildman–Crippen LogP) is 3.04. The highest BCUT2D eigenvalue weighted by Crippen LogP contribution is 2.62. The first-order valence-corrected chi connectivity index (χ1v) is 7.52. The van der Waals surface area contributed by atoms with E-state index >= 15 is 0 Å². The molecule has 1 aliphatic carbocycles. The Balaban J connectivity index is 1.83. The lowest BCUT2D eigenvalue weighted by Gasteiger charge is -2.06. The molecule has 0 spiro atoms. The van der Waals surface area contributed by atoms with Crippen molar-refractivity contribution in [3.63, 3.8) is 0 Å². The Hall–Kier alpha value is -1.62. The Labute approximate surface area is 122 Å². The second kappa shape index (κ2) is 3.95. The Morgan fingerprint density at radius 2 is 1.95 bits per heavy atom. The van der Waals surface area contributed by atoms with E-state index in [1.165, 1.54) is 11.3 Å². The number of amides is 1. The third-order valence-corrected chi connectivity index (χ3v) is 5.81. The van der Waals surface area contributed by atoms with Gasteiger partial charge in [0.15, 0.2) is 5.13 Å². The summed E-state index contributed by atoms with van der Waals surface area (Å²) in [7, 11) is 0. The molecule has 2 aromatic rings. The van der Waals surface area contributed by atoms with Gasteiger partial charge in [-0.1, -0.05) is 39.0 Å². The largest absolute Gasteiger partial charge is 0.375 e. The fourth-order valence-electron chi connectivity index (χ4n) is 2.86. The number of hydrogen-bond donors (Lipinski definition) is 2. The molecule has 106 valence electrons. The van der Waals surface area contributed by atoms with Crippen LogP contribution in [0.2, 0.25) is 0 Å². The fraction of sp³-hybridized carbons (Fsp3) is 0.467. The van der Waals surface area contributed by atoms with E-state index < -0.39 is 0 Å². The molecular weight excluding hydrogens is 270 g/mol. The van der Waals surface area contributed by atoms with Crippen LogP contribution in [0.5, 0.6) is 0 Å². The van der Waals surface area contributed by atoms with Gasteiger partial charge in [0.05, 0.1) is 10.2 Å². The van der Waals surface area contributed by atoms with Gasteiger partial charge in [-0.25, -0.2) is 4.98 Å². The predicted molar refractivity (Wildman–Crippen MR) is 82.8 cm³/mol. The molecule has 0 radical (unpaired) electrons. The van der Waals surface area contributed by atoms with Crippen LogP contribution in [0, 0.1) is 10.8 Å². The summed E-state index contributed by atoms with van der Waals surface area (Å²) in [6.45, 7) is 8.74. The molecule has 5 heteroatoms. The number of nitrogens with one attached hydrogen (secondary N) is 1. The van der Waals surface area contributed by atoms with Gasteiger partial charge in [0.2, 0.25) is 0 Å². The van der Waals surface area contributed by atoms with E-state index in [0.717, 1.165) is 10.2 Å². The van der Waals surface area contributed by atoms with Crippen molar-refractivity contribution in [1.29, 1.82) is 0 Å². The summed E-state index contributed by atoms with van der Waals surface area (Å²) in [4.78, 5) is 16.6. The number of aromatic nitrogens is 1. The average Bonchev–Trinajstić information content (AvgIpc) is 2.67. The molecule has 3 N–H and O–H groups in total. The number of rotatable bonds is 2. The summed E-state index contributed by atoms with van der Waals surface area (Å²) >= 11 is 1.40. The molecule has 0 saturated heterocycles. The SMILES string of the molecule is CC1(C)C(NC(=O)c2ccc3nc(N)sc3c2)C1(C)C. The van der Waals surface area contributed by atoms with Gasteiger partial charge in [-0.2, -0.15) is 0 Å². The zero-order chi connectivity index (χ0) is 14.7. The smallest absolute Gasteiger partial charge is 0.251 e. The van der Waals surface area contributed by atoms with Crippen molar-refractivity contribution in [1.82, 2.24) is 10.3 Å². The topological polar surface area (TPSA) is 68.0 Å². The van der Waals surface area contributed by atoms with Gasteiger partial charge >= 0.3 is 0 Å². The number of fused-ring (bicyclic) bond motifs is 1. The number of nitrogen functional groups attached to an aromatic ring is 1. The highest BCUT2D eigenvalue weighted by atomic mass is 32.1. The number of nitrogens with two attached hydrogens (primary N) is 1. The molecule has 1 aliphatic rings. The second-order valence-corrected chi connectivity index (χ2v) is 7.65. The van der Waals surface area contributed by atoms with Gasteiger partial charge in [-0.05, 0) is 29.0 Å². The molecule has 1 aromatic carbocycles. The van der Waals surface area contributed by atoms with Crippen molar-refractivity contribution < 1.29 is 4.79 Å². The quantitative estimate of drug-likeness (QED) is 0.893. The minimum atomic E-state index is -0.0254. The molecule has 3 rings (SSSR count). The zero-order valence-corrected chi connectivity index (χ0v) is 13.0. The summed E-state index contributed by atoms with van der Waals surface area (Å²) in [5.74, 6) is -0.0254. The van der Waals surface area contributed by atoms with E-state index in [9.17, 15) is 4.79 Å². The van der Waals surface area contributed by atoms with E-state index in [-0.39, 0.29) is 22.8 Å². The summed E-state index contributed by atoms with van der Waals surface area (Å²) in [5, 5.41) is 3.67. The van der Waals surface area contributed by atoms with Crippen LogP contribution in [-0.4, -0.2) is 16.9 Å². The molecule has 4 nitrogen and oxygen atoms in total. The van der Waals surface area contributed by atoms with Gasteiger partial charge in [-0.15, -0.1) is 0 Å². The van der Waals surface area contributed by atoms with Gasteiger partial charge < -0.3 is 11.1 Å². The van der Waals surface area contributed by atoms with Crippen LogP contribution in [0.15, 0.2) is 18.2 Å². The first-order chi connectivity index (χ1) is 9.23. The molecular formula is C15H19N3OS. The minimum Gasteiger partial charge on any atom is -0.375 e. The fourth-order valence-corrected chi connectivity index (χ4v) is 3.63. The lowest BCUT2D eigenvalue weighted by Crippen LogP contribution is -2.29. The number of carbonyl (C=O) groups is 1. The standard InChI is InChI=1S/C15H19N3OS/c1-14(2)12(15(14,3)4)18-11(19)8-5-6-9-10(7-8)20-13(16)17-9/h5-7,12H,1-4H3,(H2,16,17)(H,18,19). The van der Waals surface area contributed by atoms with Crippen molar-refractivity contribution >= 4 is 32.6 Å². The maximum Gasteiger partial charge on any atom is 0.251 e. The molecule has 1 heterocycles. The molecule has 0 unspecified atom stereocenters. The summed E-state index contributed by atoms with van der Waals surface area (Å²) in [6, 6.07) is 5.73. The monoisotopic (exact) mass is 289 g/mol. The van der Waals surface area contributed by atoms with Crippen molar-refractivity contribution in [2.24, 2.45) is 10.8 Å². The first kappa shape index (κ1) is 13.4. The molecule has 0 atom stereocenters. The van der Waals surface area contributed by atoms with Crippen molar-refractivity contribution in [3.05, 3.63) is 23.8 Å². The third kappa shape index (κ3) is 1.80. The van der Waals surface area contributed by atoms with Crippen LogP contribution in [-0.2, 0) is 0 Å². The Bertz CT molecular complexity index is 688. The Morgan fingerprint density at radius 3 is 2.55 bits per heavy atom. The summed E-state index contributed by atoms with van der Waals surface area (Å²) in [5.41, 5.74) is 7.48. The number of anilines is 1. The molecule has 1 fully saturated rings. The van der Waals surface area contributed by atoms with Crippen LogP contribution >= 0.6 is 11.3 Å². The lowest BCUT2D eigenvalue weighted by molar-refractivity contribution is 0.0944. The van der Waals surface area contributed by atoms with Crippen molar-refractivity contribution in [2.45, 2.75) is 33.7 Å². The van der Waals surface area contributed by atoms with Gasteiger partial charge in [-0.3, -0.25) is 4.79 Å². The summed E-state index contributed by atoms with van der Waals surface area (Å²) in [6.07, 6.45) is 0. The van der Waals surface area contributed by atoms with Crippen LogP contribution in [0.1, 0.15) is 38.1 Å². The van der Waals surface area contributed by atoms with Gasteiger partial charge in [0.25, 0.3) is 5.91 Å². The first-order valence-electron chi connectivity index (χ1n) is 6.70. The van der Waals surface area contributed by atoms with Crippen LogP contribution < -0.4 is 11.1 Å². The van der Waals surface area contributed by atoms with Crippen molar-refractivity contribution in [2.75, 3.05) is 5.73 Å². The lowest BCUT2D eigenvalue weighted by atomic mass is 10.0. The Morgan fingerprint density at radius 1 is 1.30 bits per heavy atom. The zero-order valence-electron chi connectivity index (χ0n) is 12.2. The van der Waals surface area contributed by atoms with E-state index in [4.69, 9.17) is 5.73 Å². The molecule has 1 amide bonds. The van der Waals surface area contributed by atoms with Crippen LogP contribution in [0.3, 0.4) is 0 Å². The van der Waals surface area contributed by atoms with Crippen LogP contribution in [0.4, 0.5) is 5.13 Å². The second-order valence-electron chi connectivity index (χ2n) is 6.58. The number of carbonyl (C=O) groups excluding carboxylic acids is 1. The Kier molecular flexibility index (Phi) is 2.64. The van der Waals surface area contributed by atoms with Gasteiger partial charge in [0.1, 0.15) is 0 Å². The number of nitrogens with zero attached hydrogens (tertiary/aromatic N) is 1. The maximum atomic E-state index is 12.4.